The van der Waals surface area contributed by atoms with Gasteiger partial charge in [0.1, 0.15) is 11.6 Å². The van der Waals surface area contributed by atoms with Gasteiger partial charge in [-0.15, -0.1) is 0 Å². The number of nitrogens with zero attached hydrogens (tertiary/aromatic N) is 2. The van der Waals surface area contributed by atoms with Crippen molar-refractivity contribution in [3.8, 4) is 5.75 Å². The molecule has 1 aliphatic rings. The molecule has 0 aliphatic heterocycles. The molecule has 2 aromatic rings. The van der Waals surface area contributed by atoms with Gasteiger partial charge < -0.3 is 10.1 Å². The molecule has 0 unspecified atom stereocenters. The Morgan fingerprint density at radius 1 is 1.22 bits per heavy atom. The fraction of sp³-hybridized carbons (Fsp3) is 0.444. The molecule has 1 fully saturated rings. The highest BCUT2D eigenvalue weighted by Gasteiger charge is 2.19. The first-order chi connectivity index (χ1) is 11.2. The van der Waals surface area contributed by atoms with Crippen LogP contribution in [-0.4, -0.2) is 22.3 Å². The summed E-state index contributed by atoms with van der Waals surface area (Å²) >= 11 is 0. The Morgan fingerprint density at radius 2 is 1.96 bits per heavy atom. The number of carbonyl (C=O) groups is 1. The molecule has 122 valence electrons. The van der Waals surface area contributed by atoms with E-state index in [0.29, 0.717) is 11.8 Å². The fourth-order valence-corrected chi connectivity index (χ4v) is 2.99. The first-order valence-corrected chi connectivity index (χ1v) is 8.25. The molecule has 1 aromatic heterocycles. The molecule has 5 nitrogen and oxygen atoms in total. The molecule has 1 amide bonds. The largest absolute Gasteiger partial charge is 0.484 e. The fourth-order valence-electron chi connectivity index (χ4n) is 2.99. The van der Waals surface area contributed by atoms with Crippen molar-refractivity contribution < 1.29 is 9.53 Å². The van der Waals surface area contributed by atoms with Gasteiger partial charge in [0.25, 0.3) is 5.91 Å². The number of anilines is 1. The van der Waals surface area contributed by atoms with Gasteiger partial charge in [0.05, 0.1) is 12.2 Å². The number of aryl methyl sites for hydroxylation is 1. The lowest BCUT2D eigenvalue weighted by Gasteiger charge is -2.23. The van der Waals surface area contributed by atoms with Crippen LogP contribution < -0.4 is 10.1 Å². The Bertz CT molecular complexity index is 643. The molecule has 3 rings (SSSR count). The minimum Gasteiger partial charge on any atom is -0.484 e. The molecule has 23 heavy (non-hydrogen) atoms. The number of aromatic nitrogens is 2. The van der Waals surface area contributed by atoms with Gasteiger partial charge in [0, 0.05) is 6.07 Å². The summed E-state index contributed by atoms with van der Waals surface area (Å²) in [6.45, 7) is 2.02. The van der Waals surface area contributed by atoms with Crippen LogP contribution in [0.5, 0.6) is 5.75 Å². The minimum atomic E-state index is -0.164. The molecular weight excluding hydrogens is 290 g/mol. The normalized spacial score (nSPS) is 15.3. The van der Waals surface area contributed by atoms with Gasteiger partial charge in [0.2, 0.25) is 0 Å². The summed E-state index contributed by atoms with van der Waals surface area (Å²) in [6, 6.07) is 9.91. The molecule has 0 atom stereocenters. The maximum atomic E-state index is 12.1. The molecule has 0 spiro atoms. The second-order valence-electron chi connectivity index (χ2n) is 6.10. The average molecular weight is 313 g/mol. The van der Waals surface area contributed by atoms with Crippen LogP contribution in [0, 0.1) is 6.92 Å². The van der Waals surface area contributed by atoms with E-state index in [2.05, 4.69) is 10.4 Å². The van der Waals surface area contributed by atoms with E-state index in [-0.39, 0.29) is 12.5 Å². The zero-order valence-corrected chi connectivity index (χ0v) is 13.5. The van der Waals surface area contributed by atoms with Crippen LogP contribution in [0.2, 0.25) is 0 Å². The zero-order valence-electron chi connectivity index (χ0n) is 13.5. The third kappa shape index (κ3) is 4.12. The second-order valence-corrected chi connectivity index (χ2v) is 6.10. The van der Waals surface area contributed by atoms with Crippen LogP contribution in [0.25, 0.3) is 0 Å². The van der Waals surface area contributed by atoms with E-state index in [1.54, 1.807) is 6.20 Å². The SMILES string of the molecule is Cc1ccc(OCC(=O)Nc2ccnn2C2CCCCC2)cc1. The van der Waals surface area contributed by atoms with Gasteiger partial charge in [0.15, 0.2) is 6.61 Å². The quantitative estimate of drug-likeness (QED) is 0.915. The summed E-state index contributed by atoms with van der Waals surface area (Å²) in [5.74, 6) is 1.30. The predicted octanol–water partition coefficient (Wildman–Crippen LogP) is 3.71. The Kier molecular flexibility index (Phi) is 4.95. The van der Waals surface area contributed by atoms with Gasteiger partial charge in [-0.3, -0.25) is 4.79 Å². The first-order valence-electron chi connectivity index (χ1n) is 8.25. The Morgan fingerprint density at radius 3 is 2.70 bits per heavy atom. The van der Waals surface area contributed by atoms with Gasteiger partial charge >= 0.3 is 0 Å². The van der Waals surface area contributed by atoms with Crippen molar-refractivity contribution in [1.82, 2.24) is 9.78 Å². The number of hydrogen-bond acceptors (Lipinski definition) is 3. The van der Waals surface area contributed by atoms with E-state index in [9.17, 15) is 4.79 Å². The summed E-state index contributed by atoms with van der Waals surface area (Å²) in [4.78, 5) is 12.1. The summed E-state index contributed by atoms with van der Waals surface area (Å²) in [6.07, 6.45) is 7.76. The predicted molar refractivity (Wildman–Crippen MR) is 89.7 cm³/mol. The number of hydrogen-bond donors (Lipinski definition) is 1. The Hall–Kier alpha value is -2.30. The number of carbonyl (C=O) groups excluding carboxylic acids is 1. The van der Waals surface area contributed by atoms with E-state index >= 15 is 0 Å². The monoisotopic (exact) mass is 313 g/mol. The topological polar surface area (TPSA) is 56.1 Å². The van der Waals surface area contributed by atoms with E-state index in [1.165, 1.54) is 19.3 Å². The molecular formula is C18H23N3O2. The third-order valence-corrected chi connectivity index (χ3v) is 4.25. The minimum absolute atomic E-state index is 0.00108. The van der Waals surface area contributed by atoms with Crippen LogP contribution in [0.1, 0.15) is 43.7 Å². The van der Waals surface area contributed by atoms with E-state index in [4.69, 9.17) is 4.74 Å². The maximum absolute atomic E-state index is 12.1. The molecule has 1 heterocycles. The van der Waals surface area contributed by atoms with Crippen LogP contribution in [-0.2, 0) is 4.79 Å². The van der Waals surface area contributed by atoms with Crippen LogP contribution in [0.3, 0.4) is 0 Å². The van der Waals surface area contributed by atoms with Crippen molar-refractivity contribution in [2.24, 2.45) is 0 Å². The van der Waals surface area contributed by atoms with Crippen molar-refractivity contribution in [2.75, 3.05) is 11.9 Å². The summed E-state index contributed by atoms with van der Waals surface area (Å²) in [5.41, 5.74) is 1.16. The molecule has 0 saturated heterocycles. The number of rotatable bonds is 5. The van der Waals surface area contributed by atoms with Gasteiger partial charge in [-0.05, 0) is 31.9 Å². The summed E-state index contributed by atoms with van der Waals surface area (Å²) in [5, 5.41) is 7.29. The molecule has 1 N–H and O–H groups in total. The number of ether oxygens (including phenoxy) is 1. The zero-order chi connectivity index (χ0) is 16.1. The number of benzene rings is 1. The molecule has 1 aromatic carbocycles. The van der Waals surface area contributed by atoms with Crippen LogP contribution >= 0.6 is 0 Å². The van der Waals surface area contributed by atoms with Crippen molar-refractivity contribution in [2.45, 2.75) is 45.1 Å². The highest BCUT2D eigenvalue weighted by Crippen LogP contribution is 2.29. The third-order valence-electron chi connectivity index (χ3n) is 4.25. The lowest BCUT2D eigenvalue weighted by Crippen LogP contribution is -2.24. The van der Waals surface area contributed by atoms with E-state index in [0.717, 1.165) is 24.2 Å². The number of amides is 1. The molecule has 0 bridgehead atoms. The molecule has 0 radical (unpaired) electrons. The van der Waals surface area contributed by atoms with Crippen molar-refractivity contribution in [3.63, 3.8) is 0 Å². The number of nitrogens with one attached hydrogen (secondary N) is 1. The summed E-state index contributed by atoms with van der Waals surface area (Å²) < 4.78 is 7.46. The van der Waals surface area contributed by atoms with E-state index in [1.807, 2.05) is 41.9 Å². The lowest BCUT2D eigenvalue weighted by atomic mass is 9.96. The van der Waals surface area contributed by atoms with Gasteiger partial charge in [-0.1, -0.05) is 37.0 Å². The highest BCUT2D eigenvalue weighted by molar-refractivity contribution is 5.91. The average Bonchev–Trinajstić information content (AvgIpc) is 3.03. The molecule has 1 aliphatic carbocycles. The van der Waals surface area contributed by atoms with Crippen LogP contribution in [0.15, 0.2) is 36.5 Å². The second kappa shape index (κ2) is 7.31. The molecule has 1 saturated carbocycles. The van der Waals surface area contributed by atoms with Crippen LogP contribution in [0.4, 0.5) is 5.82 Å². The molecule has 5 heteroatoms. The lowest BCUT2D eigenvalue weighted by molar-refractivity contribution is -0.118. The Balaban J connectivity index is 1.55. The van der Waals surface area contributed by atoms with Gasteiger partial charge in [-0.2, -0.15) is 5.10 Å². The summed E-state index contributed by atoms with van der Waals surface area (Å²) in [7, 11) is 0. The Labute approximate surface area is 136 Å². The first kappa shape index (κ1) is 15.6. The van der Waals surface area contributed by atoms with Crippen molar-refractivity contribution in [3.05, 3.63) is 42.1 Å². The van der Waals surface area contributed by atoms with Crippen molar-refractivity contribution >= 4 is 11.7 Å². The van der Waals surface area contributed by atoms with Crippen molar-refractivity contribution in [1.29, 1.82) is 0 Å². The standard InChI is InChI=1S/C18H23N3O2/c1-14-7-9-16(10-8-14)23-13-18(22)20-17-11-12-19-21(17)15-5-3-2-4-6-15/h7-12,15H,2-6,13H2,1H3,(H,20,22). The van der Waals surface area contributed by atoms with Gasteiger partial charge in [-0.25, -0.2) is 4.68 Å². The van der Waals surface area contributed by atoms with E-state index < -0.39 is 0 Å². The smallest absolute Gasteiger partial charge is 0.263 e. The highest BCUT2D eigenvalue weighted by atomic mass is 16.5. The maximum Gasteiger partial charge on any atom is 0.263 e.